The summed E-state index contributed by atoms with van der Waals surface area (Å²) in [7, 11) is 0. The van der Waals surface area contributed by atoms with Gasteiger partial charge in [-0.15, -0.1) is 28.7 Å². The molecule has 0 spiro atoms. The third kappa shape index (κ3) is 6.34. The second-order valence-electron chi connectivity index (χ2n) is 16.7. The van der Waals surface area contributed by atoms with E-state index in [-0.39, 0.29) is 37.3 Å². The van der Waals surface area contributed by atoms with Crippen molar-refractivity contribution in [3.63, 3.8) is 0 Å². The van der Waals surface area contributed by atoms with Crippen LogP contribution in [0.5, 0.6) is 0 Å². The van der Waals surface area contributed by atoms with Crippen molar-refractivity contribution in [2.75, 3.05) is 4.90 Å². The number of fused-ring (bicyclic) bond motifs is 3. The van der Waals surface area contributed by atoms with Crippen LogP contribution < -0.4 is 4.90 Å². The zero-order valence-electron chi connectivity index (χ0n) is 31.6. The fourth-order valence-electron chi connectivity index (χ4n) is 7.80. The molecule has 6 aromatic rings. The van der Waals surface area contributed by atoms with Crippen LogP contribution in [0.15, 0.2) is 90.0 Å². The summed E-state index contributed by atoms with van der Waals surface area (Å²) in [5, 5.41) is 1.08. The van der Waals surface area contributed by atoms with Crippen LogP contribution in [0.4, 0.5) is 17.2 Å². The van der Waals surface area contributed by atoms with E-state index in [0.717, 1.165) is 49.8 Å². The maximum absolute atomic E-state index is 6.25. The Morgan fingerprint density at radius 3 is 2.12 bits per heavy atom. The van der Waals surface area contributed by atoms with Crippen LogP contribution in [0.1, 0.15) is 94.3 Å². The molecule has 0 unspecified atom stereocenters. The Bertz CT molecular complexity index is 2300. The molecular weight excluding hydrogens is 822 g/mol. The quantitative estimate of drug-likeness (QED) is 0.131. The molecule has 0 atom stereocenters. The average molecular weight is 869 g/mol. The zero-order chi connectivity index (χ0) is 35.9. The number of nitrogens with zero attached hydrogens (tertiary/aromatic N) is 3. The van der Waals surface area contributed by atoms with Crippen molar-refractivity contribution in [3.8, 4) is 22.4 Å². The minimum Gasteiger partial charge on any atom is -0.777 e. The Kier molecular flexibility index (Phi) is 9.39. The van der Waals surface area contributed by atoms with Gasteiger partial charge in [0.25, 0.3) is 0 Å². The topological polar surface area (TPSA) is 29.0 Å². The molecule has 0 amide bonds. The first-order valence-corrected chi connectivity index (χ1v) is 18.0. The molecular formula is C46H47N3PtS. The standard InChI is InChI=1S/C46H48N3S.Pt/c1-27-22-28(2)41(29(3)23-27)33-26-36(45(7,8)9)43(50)42-32(33)17-19-37(48-42)30-16-18-35-39(24-30)49(38-15-13-12-14-34(38)46(35,10)11)40-25-31(20-21-47-40)44(4,5)6;/h12-23,25-26,50H,1-11H3;/q-1;+2/p-1. The summed E-state index contributed by atoms with van der Waals surface area (Å²) in [6.45, 7) is 24.6. The van der Waals surface area contributed by atoms with E-state index in [9.17, 15) is 0 Å². The number of anilines is 3. The Balaban J connectivity index is 0.00000448. The first kappa shape index (κ1) is 36.9. The van der Waals surface area contributed by atoms with Crippen molar-refractivity contribution in [3.05, 3.63) is 130 Å². The van der Waals surface area contributed by atoms with Gasteiger partial charge in [0, 0.05) is 22.8 Å². The van der Waals surface area contributed by atoms with Crippen LogP contribution in [0.25, 0.3) is 33.3 Å². The molecule has 0 radical (unpaired) electrons. The van der Waals surface area contributed by atoms with Gasteiger partial charge in [-0.1, -0.05) is 121 Å². The third-order valence-electron chi connectivity index (χ3n) is 10.4. The molecule has 0 fully saturated rings. The van der Waals surface area contributed by atoms with Crippen molar-refractivity contribution in [1.29, 1.82) is 0 Å². The molecule has 3 heterocycles. The third-order valence-corrected chi connectivity index (χ3v) is 10.9. The van der Waals surface area contributed by atoms with Gasteiger partial charge in [-0.2, -0.15) is 0 Å². The van der Waals surface area contributed by atoms with Crippen LogP contribution >= 0.6 is 0 Å². The molecule has 0 N–H and O–H groups in total. The Hall–Kier alpha value is -3.85. The predicted octanol–water partition coefficient (Wildman–Crippen LogP) is 12.3. The molecule has 0 aliphatic carbocycles. The summed E-state index contributed by atoms with van der Waals surface area (Å²) in [4.78, 5) is 13.4. The summed E-state index contributed by atoms with van der Waals surface area (Å²) < 4.78 is 0. The van der Waals surface area contributed by atoms with E-state index in [1.807, 2.05) is 6.20 Å². The number of aryl methyl sites for hydroxylation is 3. The Morgan fingerprint density at radius 1 is 0.765 bits per heavy atom. The van der Waals surface area contributed by atoms with E-state index in [0.29, 0.717) is 0 Å². The van der Waals surface area contributed by atoms with Gasteiger partial charge in [-0.3, -0.25) is 4.98 Å². The molecule has 1 aliphatic rings. The van der Waals surface area contributed by atoms with Crippen LogP contribution in [0.2, 0.25) is 0 Å². The minimum absolute atomic E-state index is 0. The van der Waals surface area contributed by atoms with Gasteiger partial charge in [0.05, 0.1) is 0 Å². The Morgan fingerprint density at radius 2 is 1.45 bits per heavy atom. The molecule has 51 heavy (non-hydrogen) atoms. The molecule has 3 nitrogen and oxygen atoms in total. The SMILES string of the molecule is Cc1cc(C)c(-c2cc(C(C)(C)C)c([S-])c3nc(-c4[c-]c5c(cc4)C(C)(C)c4ccccc4N5c4cc(C(C)(C)C)ccn4)ccc23)c(C)c1.[Pt+2]. The first-order valence-electron chi connectivity index (χ1n) is 17.6. The van der Waals surface area contributed by atoms with E-state index in [2.05, 4.69) is 166 Å². The van der Waals surface area contributed by atoms with Gasteiger partial charge in [-0.25, -0.2) is 4.98 Å². The van der Waals surface area contributed by atoms with Crippen LogP contribution in [0.3, 0.4) is 0 Å². The zero-order valence-corrected chi connectivity index (χ0v) is 34.7. The average Bonchev–Trinajstić information content (AvgIpc) is 3.04. The van der Waals surface area contributed by atoms with Crippen LogP contribution in [-0.4, -0.2) is 9.97 Å². The summed E-state index contributed by atoms with van der Waals surface area (Å²) in [5.41, 5.74) is 15.5. The van der Waals surface area contributed by atoms with Gasteiger partial charge in [-0.05, 0) is 100.0 Å². The monoisotopic (exact) mass is 868 g/mol. The van der Waals surface area contributed by atoms with E-state index in [4.69, 9.17) is 22.6 Å². The van der Waals surface area contributed by atoms with Crippen molar-refractivity contribution >= 4 is 40.7 Å². The minimum atomic E-state index is -0.232. The number of hydrogen-bond acceptors (Lipinski definition) is 4. The maximum atomic E-state index is 6.25. The molecule has 0 saturated carbocycles. The largest absolute Gasteiger partial charge is 2.00 e. The number of benzene rings is 4. The van der Waals surface area contributed by atoms with Crippen LogP contribution in [-0.2, 0) is 49.9 Å². The van der Waals surface area contributed by atoms with Crippen LogP contribution in [0, 0.1) is 26.8 Å². The summed E-state index contributed by atoms with van der Waals surface area (Å²) in [6, 6.07) is 32.5. The second kappa shape index (κ2) is 13.0. The smallest absolute Gasteiger partial charge is 0.777 e. The maximum Gasteiger partial charge on any atom is 2.00 e. The van der Waals surface area contributed by atoms with E-state index < -0.39 is 0 Å². The molecule has 5 heteroatoms. The van der Waals surface area contributed by atoms with E-state index in [1.54, 1.807) is 0 Å². The number of rotatable bonds is 3. The number of pyridine rings is 2. The summed E-state index contributed by atoms with van der Waals surface area (Å²) in [6.07, 6.45) is 1.93. The molecule has 4 aromatic carbocycles. The number of aromatic nitrogens is 2. The van der Waals surface area contributed by atoms with Gasteiger partial charge >= 0.3 is 21.1 Å². The van der Waals surface area contributed by atoms with Crippen molar-refractivity contribution < 1.29 is 21.1 Å². The molecule has 262 valence electrons. The fraction of sp³-hybridized carbons (Fsp3) is 0.304. The van der Waals surface area contributed by atoms with Gasteiger partial charge in [0.15, 0.2) is 0 Å². The number of para-hydroxylation sites is 1. The van der Waals surface area contributed by atoms with E-state index >= 15 is 0 Å². The van der Waals surface area contributed by atoms with Crippen molar-refractivity contribution in [2.24, 2.45) is 0 Å². The first-order chi connectivity index (χ1) is 23.5. The molecule has 2 aromatic heterocycles. The predicted molar refractivity (Wildman–Crippen MR) is 213 cm³/mol. The summed E-state index contributed by atoms with van der Waals surface area (Å²) >= 11 is 6.25. The Labute approximate surface area is 324 Å². The van der Waals surface area contributed by atoms with Crippen molar-refractivity contribution in [1.82, 2.24) is 9.97 Å². The van der Waals surface area contributed by atoms with Crippen molar-refractivity contribution in [2.45, 2.75) is 97.3 Å². The van der Waals surface area contributed by atoms with Gasteiger partial charge in [0.2, 0.25) is 0 Å². The summed E-state index contributed by atoms with van der Waals surface area (Å²) in [5.74, 6) is 0.887. The van der Waals surface area contributed by atoms with Gasteiger partial charge < -0.3 is 17.5 Å². The normalized spacial score (nSPS) is 13.8. The molecule has 1 aliphatic heterocycles. The fourth-order valence-corrected chi connectivity index (χ4v) is 8.32. The molecule has 7 rings (SSSR count). The molecule has 0 saturated heterocycles. The van der Waals surface area contributed by atoms with E-state index in [1.165, 1.54) is 44.5 Å². The number of hydrogen-bond donors (Lipinski definition) is 0. The van der Waals surface area contributed by atoms with Gasteiger partial charge in [0.1, 0.15) is 5.82 Å². The second-order valence-corrected chi connectivity index (χ2v) is 17.1. The molecule has 0 bridgehead atoms.